The smallest absolute Gasteiger partial charge is 0.410 e. The van der Waals surface area contributed by atoms with Crippen molar-refractivity contribution in [3.8, 4) is 0 Å². The van der Waals surface area contributed by atoms with Gasteiger partial charge in [-0.25, -0.2) is 4.79 Å². The normalized spacial score (nSPS) is 21.5. The molecular weight excluding hydrogens is 450 g/mol. The molecule has 1 spiro atoms. The van der Waals surface area contributed by atoms with Gasteiger partial charge in [0.2, 0.25) is 5.91 Å². The third-order valence-corrected chi connectivity index (χ3v) is 7.40. The summed E-state index contributed by atoms with van der Waals surface area (Å²) in [6.07, 6.45) is 1.87. The van der Waals surface area contributed by atoms with Gasteiger partial charge in [0.25, 0.3) is 0 Å². The van der Waals surface area contributed by atoms with Crippen LogP contribution >= 0.6 is 15.9 Å². The Morgan fingerprint density at radius 2 is 1.70 bits per heavy atom. The van der Waals surface area contributed by atoms with Gasteiger partial charge in [0, 0.05) is 51.6 Å². The van der Waals surface area contributed by atoms with Crippen molar-refractivity contribution in [1.82, 2.24) is 19.6 Å². The molecule has 2 amide bonds. The van der Waals surface area contributed by atoms with Crippen molar-refractivity contribution < 1.29 is 14.3 Å². The summed E-state index contributed by atoms with van der Waals surface area (Å²) in [7, 11) is 0. The van der Waals surface area contributed by atoms with E-state index in [0.29, 0.717) is 6.04 Å². The number of piperazine rings is 1. The number of hydrogen-bond donors (Lipinski definition) is 0. The lowest BCUT2D eigenvalue weighted by molar-refractivity contribution is -0.129. The molecule has 9 heteroatoms. The van der Waals surface area contributed by atoms with E-state index in [-0.39, 0.29) is 17.4 Å². The van der Waals surface area contributed by atoms with Crippen LogP contribution in [0.3, 0.4) is 0 Å². The van der Waals surface area contributed by atoms with Crippen LogP contribution in [0.4, 0.5) is 10.6 Å². The van der Waals surface area contributed by atoms with Crippen LogP contribution in [0.25, 0.3) is 0 Å². The monoisotopic (exact) mass is 481 g/mol. The van der Waals surface area contributed by atoms with Crippen LogP contribution in [-0.4, -0.2) is 76.5 Å². The van der Waals surface area contributed by atoms with Crippen LogP contribution in [-0.2, 0) is 9.53 Å². The number of amides is 2. The number of anilines is 1. The molecule has 0 bridgehead atoms. The highest BCUT2D eigenvalue weighted by Gasteiger charge is 2.55. The number of ether oxygens (including phenoxy) is 1. The molecule has 2 saturated heterocycles. The first-order chi connectivity index (χ1) is 14.0. The predicted octanol–water partition coefficient (Wildman–Crippen LogP) is 3.19. The molecule has 1 aromatic rings. The fourth-order valence-electron chi connectivity index (χ4n) is 4.86. The largest absolute Gasteiger partial charge is 0.444 e. The maximum Gasteiger partial charge on any atom is 0.410 e. The maximum absolute atomic E-state index is 12.2. The number of carbonyl (C=O) groups excluding carboxylic acids is 2. The van der Waals surface area contributed by atoms with Crippen molar-refractivity contribution in [3.05, 3.63) is 10.2 Å². The number of nitrogens with zero attached hydrogens (tertiary/aromatic N) is 5. The van der Waals surface area contributed by atoms with Gasteiger partial charge in [0.1, 0.15) is 5.60 Å². The predicted molar refractivity (Wildman–Crippen MR) is 118 cm³/mol. The number of rotatable bonds is 2. The molecule has 1 saturated carbocycles. The van der Waals surface area contributed by atoms with Gasteiger partial charge in [-0.2, -0.15) is 5.10 Å². The molecule has 0 N–H and O–H groups in total. The molecule has 0 aromatic carbocycles. The van der Waals surface area contributed by atoms with Crippen LogP contribution in [0.1, 0.15) is 52.3 Å². The van der Waals surface area contributed by atoms with Crippen molar-refractivity contribution in [1.29, 1.82) is 0 Å². The van der Waals surface area contributed by atoms with Crippen molar-refractivity contribution in [2.45, 2.75) is 59.1 Å². The molecule has 0 radical (unpaired) electrons. The summed E-state index contributed by atoms with van der Waals surface area (Å²) in [5.74, 6) is 1.11. The zero-order chi connectivity index (χ0) is 21.8. The summed E-state index contributed by atoms with van der Waals surface area (Å²) in [4.78, 5) is 29.7. The molecule has 166 valence electrons. The van der Waals surface area contributed by atoms with Crippen LogP contribution in [0.15, 0.2) is 4.47 Å². The van der Waals surface area contributed by atoms with Crippen molar-refractivity contribution in [2.24, 2.45) is 5.41 Å². The van der Waals surface area contributed by atoms with Gasteiger partial charge in [-0.1, -0.05) is 0 Å². The van der Waals surface area contributed by atoms with Gasteiger partial charge in [-0.3, -0.25) is 9.48 Å². The zero-order valence-corrected chi connectivity index (χ0v) is 20.2. The summed E-state index contributed by atoms with van der Waals surface area (Å²) in [5, 5.41) is 4.94. The first kappa shape index (κ1) is 21.5. The third-order valence-electron chi connectivity index (χ3n) is 6.47. The highest BCUT2D eigenvalue weighted by Crippen LogP contribution is 2.55. The molecule has 2 aliphatic heterocycles. The first-order valence-corrected chi connectivity index (χ1v) is 11.5. The summed E-state index contributed by atoms with van der Waals surface area (Å²) in [6.45, 7) is 14.1. The average Bonchev–Trinajstić information content (AvgIpc) is 2.87. The summed E-state index contributed by atoms with van der Waals surface area (Å²) in [5.41, 5.74) is 0.911. The molecule has 0 unspecified atom stereocenters. The van der Waals surface area contributed by atoms with Gasteiger partial charge in [-0.05, 0) is 56.5 Å². The third kappa shape index (κ3) is 3.92. The lowest BCUT2D eigenvalue weighted by Crippen LogP contribution is -2.64. The van der Waals surface area contributed by atoms with E-state index < -0.39 is 5.60 Å². The second-order valence-corrected chi connectivity index (χ2v) is 10.9. The van der Waals surface area contributed by atoms with E-state index in [1.807, 2.05) is 30.6 Å². The van der Waals surface area contributed by atoms with Crippen LogP contribution in [0, 0.1) is 12.3 Å². The van der Waals surface area contributed by atoms with E-state index in [1.165, 1.54) is 0 Å². The van der Waals surface area contributed by atoms with Gasteiger partial charge in [0.15, 0.2) is 5.82 Å². The van der Waals surface area contributed by atoms with Gasteiger partial charge < -0.3 is 19.4 Å². The molecule has 30 heavy (non-hydrogen) atoms. The van der Waals surface area contributed by atoms with Gasteiger partial charge in [0.05, 0.1) is 16.2 Å². The molecule has 3 heterocycles. The zero-order valence-electron chi connectivity index (χ0n) is 18.6. The van der Waals surface area contributed by atoms with Crippen molar-refractivity contribution in [2.75, 3.05) is 44.2 Å². The van der Waals surface area contributed by atoms with Crippen LogP contribution in [0.2, 0.25) is 0 Å². The molecule has 3 aliphatic rings. The number of carbonyl (C=O) groups is 2. The van der Waals surface area contributed by atoms with Crippen molar-refractivity contribution >= 4 is 33.7 Å². The SMILES string of the molecule is CC(=O)N1CCN(c2nn(C3CC4(C3)CN(C(=O)OC(C)(C)C)C4)c(C)c2Br)CC1. The molecule has 1 aliphatic carbocycles. The fraction of sp³-hybridized carbons (Fsp3) is 0.762. The molecule has 1 aromatic heterocycles. The summed E-state index contributed by atoms with van der Waals surface area (Å²) in [6, 6.07) is 0.370. The Balaban J connectivity index is 1.35. The lowest BCUT2D eigenvalue weighted by atomic mass is 9.61. The number of likely N-dealkylation sites (tertiary alicyclic amines) is 1. The first-order valence-electron chi connectivity index (χ1n) is 10.7. The van der Waals surface area contributed by atoms with E-state index >= 15 is 0 Å². The van der Waals surface area contributed by atoms with Gasteiger partial charge >= 0.3 is 6.09 Å². The number of halogens is 1. The molecule has 3 fully saturated rings. The van der Waals surface area contributed by atoms with E-state index in [9.17, 15) is 9.59 Å². The minimum atomic E-state index is -0.452. The maximum atomic E-state index is 12.2. The van der Waals surface area contributed by atoms with E-state index in [2.05, 4.69) is 32.4 Å². The Morgan fingerprint density at radius 1 is 1.10 bits per heavy atom. The highest BCUT2D eigenvalue weighted by atomic mass is 79.9. The number of hydrogen-bond acceptors (Lipinski definition) is 5. The average molecular weight is 482 g/mol. The van der Waals surface area contributed by atoms with E-state index in [0.717, 1.165) is 68.1 Å². The van der Waals surface area contributed by atoms with E-state index in [1.54, 1.807) is 6.92 Å². The Bertz CT molecular complexity index is 840. The molecule has 0 atom stereocenters. The fourth-order valence-corrected chi connectivity index (χ4v) is 5.38. The topological polar surface area (TPSA) is 70.9 Å². The Kier molecular flexibility index (Phi) is 5.31. The second-order valence-electron chi connectivity index (χ2n) is 10.1. The number of aromatic nitrogens is 2. The lowest BCUT2D eigenvalue weighted by Gasteiger charge is -2.58. The Morgan fingerprint density at radius 3 is 2.23 bits per heavy atom. The quantitative estimate of drug-likeness (QED) is 0.648. The Hall–Kier alpha value is -1.77. The Labute approximate surface area is 186 Å². The molecular formula is C21H32BrN5O3. The summed E-state index contributed by atoms with van der Waals surface area (Å²) >= 11 is 3.74. The molecule has 4 rings (SSSR count). The second kappa shape index (κ2) is 7.43. The van der Waals surface area contributed by atoms with Crippen LogP contribution < -0.4 is 4.90 Å². The minimum absolute atomic E-state index is 0.135. The van der Waals surface area contributed by atoms with Crippen molar-refractivity contribution in [3.63, 3.8) is 0 Å². The highest BCUT2D eigenvalue weighted by molar-refractivity contribution is 9.10. The standard InChI is InChI=1S/C21H32BrN5O3/c1-14-17(22)18(25-8-6-24(7-9-25)15(2)28)23-27(14)16-10-21(11-16)12-26(13-21)19(29)30-20(3,4)5/h16H,6-13H2,1-5H3. The summed E-state index contributed by atoms with van der Waals surface area (Å²) < 4.78 is 8.67. The van der Waals surface area contributed by atoms with Crippen LogP contribution in [0.5, 0.6) is 0 Å². The minimum Gasteiger partial charge on any atom is -0.444 e. The van der Waals surface area contributed by atoms with E-state index in [4.69, 9.17) is 9.84 Å². The van der Waals surface area contributed by atoms with Gasteiger partial charge in [-0.15, -0.1) is 0 Å². The molecule has 8 nitrogen and oxygen atoms in total.